The van der Waals surface area contributed by atoms with Crippen LogP contribution in [-0.4, -0.2) is 38.0 Å². The van der Waals surface area contributed by atoms with E-state index in [1.54, 1.807) is 0 Å². The molecule has 1 aromatic heterocycles. The van der Waals surface area contributed by atoms with Gasteiger partial charge in [0.15, 0.2) is 0 Å². The summed E-state index contributed by atoms with van der Waals surface area (Å²) < 4.78 is 2.09. The van der Waals surface area contributed by atoms with E-state index >= 15 is 0 Å². The van der Waals surface area contributed by atoms with Crippen molar-refractivity contribution in [3.05, 3.63) is 0 Å². The third-order valence-electron chi connectivity index (χ3n) is 5.03. The number of thioether (sulfide) groups is 1. The third kappa shape index (κ3) is 3.42. The molecule has 3 rings (SSSR count). The van der Waals surface area contributed by atoms with E-state index in [1.807, 2.05) is 11.8 Å². The maximum absolute atomic E-state index is 4.29. The van der Waals surface area contributed by atoms with Crippen molar-refractivity contribution < 1.29 is 0 Å². The van der Waals surface area contributed by atoms with Gasteiger partial charge in [0, 0.05) is 11.3 Å². The van der Waals surface area contributed by atoms with Crippen molar-refractivity contribution in [1.29, 1.82) is 0 Å². The predicted molar refractivity (Wildman–Crippen MR) is 85.4 cm³/mol. The van der Waals surface area contributed by atoms with Crippen LogP contribution in [0.25, 0.3) is 0 Å². The first-order chi connectivity index (χ1) is 10.3. The first-order valence-electron chi connectivity index (χ1n) is 8.47. The summed E-state index contributed by atoms with van der Waals surface area (Å²) in [5.41, 5.74) is 0. The molecule has 0 amide bonds. The van der Waals surface area contributed by atoms with Crippen LogP contribution in [0, 0.1) is 5.92 Å². The summed E-state index contributed by atoms with van der Waals surface area (Å²) in [5, 5.41) is 17.8. The lowest BCUT2D eigenvalue weighted by molar-refractivity contribution is 0.419. The summed E-state index contributed by atoms with van der Waals surface area (Å²) >= 11 is 1.90. The SMILES string of the molecule is CCCNC1CCC(Sc2nnnn2C2CCCC2)C1C. The highest BCUT2D eigenvalue weighted by Gasteiger charge is 2.34. The Morgan fingerprint density at radius 2 is 2.05 bits per heavy atom. The molecular weight excluding hydrogens is 282 g/mol. The van der Waals surface area contributed by atoms with Crippen LogP contribution in [0.4, 0.5) is 0 Å². The fourth-order valence-electron chi connectivity index (χ4n) is 3.69. The summed E-state index contributed by atoms with van der Waals surface area (Å²) in [7, 11) is 0. The normalized spacial score (nSPS) is 30.3. The monoisotopic (exact) mass is 309 g/mol. The molecule has 5 nitrogen and oxygen atoms in total. The van der Waals surface area contributed by atoms with Crippen molar-refractivity contribution in [3.63, 3.8) is 0 Å². The Balaban J connectivity index is 1.61. The molecule has 1 N–H and O–H groups in total. The largest absolute Gasteiger partial charge is 0.314 e. The van der Waals surface area contributed by atoms with Gasteiger partial charge in [0.25, 0.3) is 0 Å². The van der Waals surface area contributed by atoms with E-state index < -0.39 is 0 Å². The van der Waals surface area contributed by atoms with Crippen LogP contribution in [0.15, 0.2) is 5.16 Å². The van der Waals surface area contributed by atoms with Gasteiger partial charge in [-0.1, -0.05) is 38.5 Å². The summed E-state index contributed by atoms with van der Waals surface area (Å²) in [5.74, 6) is 0.690. The first-order valence-corrected chi connectivity index (χ1v) is 9.35. The molecule has 1 aromatic rings. The molecule has 0 radical (unpaired) electrons. The maximum atomic E-state index is 4.29. The molecular formula is C15H27N5S. The van der Waals surface area contributed by atoms with Crippen molar-refractivity contribution >= 4 is 11.8 Å². The van der Waals surface area contributed by atoms with Crippen molar-refractivity contribution in [2.75, 3.05) is 6.54 Å². The predicted octanol–water partition coefficient (Wildman–Crippen LogP) is 3.05. The molecule has 2 aliphatic rings. The Hall–Kier alpha value is -0.620. The zero-order valence-corrected chi connectivity index (χ0v) is 14.0. The molecule has 0 aromatic carbocycles. The van der Waals surface area contributed by atoms with Gasteiger partial charge < -0.3 is 5.32 Å². The Labute approximate surface area is 131 Å². The Bertz CT molecular complexity index is 443. The lowest BCUT2D eigenvalue weighted by atomic mass is 10.1. The number of nitrogens with one attached hydrogen (secondary N) is 1. The highest BCUT2D eigenvalue weighted by Crippen LogP contribution is 2.40. The second-order valence-electron chi connectivity index (χ2n) is 6.50. The Kier molecular flexibility index (Phi) is 5.16. The minimum atomic E-state index is 0.535. The molecule has 21 heavy (non-hydrogen) atoms. The molecule has 6 heteroatoms. The fourth-order valence-corrected chi connectivity index (χ4v) is 5.00. The maximum Gasteiger partial charge on any atom is 0.209 e. The number of hydrogen-bond acceptors (Lipinski definition) is 5. The van der Waals surface area contributed by atoms with Gasteiger partial charge in [0.05, 0.1) is 6.04 Å². The molecule has 2 saturated carbocycles. The smallest absolute Gasteiger partial charge is 0.209 e. The van der Waals surface area contributed by atoms with Crippen LogP contribution in [0.5, 0.6) is 0 Å². The van der Waals surface area contributed by atoms with E-state index in [9.17, 15) is 0 Å². The minimum Gasteiger partial charge on any atom is -0.314 e. The summed E-state index contributed by atoms with van der Waals surface area (Å²) in [6.45, 7) is 5.74. The Morgan fingerprint density at radius 3 is 2.81 bits per heavy atom. The van der Waals surface area contributed by atoms with Gasteiger partial charge in [-0.15, -0.1) is 5.10 Å². The van der Waals surface area contributed by atoms with Gasteiger partial charge in [-0.05, 0) is 55.0 Å². The second-order valence-corrected chi connectivity index (χ2v) is 7.70. The summed E-state index contributed by atoms with van der Waals surface area (Å²) in [6.07, 6.45) is 8.86. The number of nitrogens with zero attached hydrogens (tertiary/aromatic N) is 4. The van der Waals surface area contributed by atoms with Crippen LogP contribution in [-0.2, 0) is 0 Å². The molecule has 0 bridgehead atoms. The van der Waals surface area contributed by atoms with E-state index in [0.29, 0.717) is 23.3 Å². The van der Waals surface area contributed by atoms with Crippen LogP contribution < -0.4 is 5.32 Å². The lowest BCUT2D eigenvalue weighted by Gasteiger charge is -2.21. The molecule has 2 aliphatic carbocycles. The molecule has 3 atom stereocenters. The van der Waals surface area contributed by atoms with Crippen LogP contribution in [0.3, 0.4) is 0 Å². The molecule has 2 fully saturated rings. The third-order valence-corrected chi connectivity index (χ3v) is 6.48. The number of aromatic nitrogens is 4. The van der Waals surface area contributed by atoms with Crippen molar-refractivity contribution in [2.24, 2.45) is 5.92 Å². The van der Waals surface area contributed by atoms with Gasteiger partial charge in [-0.3, -0.25) is 0 Å². The van der Waals surface area contributed by atoms with Crippen molar-refractivity contribution in [2.45, 2.75) is 81.3 Å². The van der Waals surface area contributed by atoms with Gasteiger partial charge in [-0.2, -0.15) is 0 Å². The summed E-state index contributed by atoms with van der Waals surface area (Å²) in [6, 6.07) is 1.20. The molecule has 0 spiro atoms. The minimum absolute atomic E-state index is 0.535. The van der Waals surface area contributed by atoms with E-state index in [2.05, 4.69) is 39.4 Å². The van der Waals surface area contributed by atoms with E-state index in [4.69, 9.17) is 0 Å². The standard InChI is InChI=1S/C15H27N5S/c1-3-10-16-13-8-9-14(11(13)2)21-15-17-18-19-20(15)12-6-4-5-7-12/h11-14,16H,3-10H2,1-2H3. The van der Waals surface area contributed by atoms with E-state index in [0.717, 1.165) is 11.7 Å². The quantitative estimate of drug-likeness (QED) is 0.875. The van der Waals surface area contributed by atoms with Crippen molar-refractivity contribution in [3.8, 4) is 0 Å². The highest BCUT2D eigenvalue weighted by atomic mass is 32.2. The fraction of sp³-hybridized carbons (Fsp3) is 0.933. The average Bonchev–Trinajstić information content (AvgIpc) is 3.20. The first kappa shape index (κ1) is 15.3. The Morgan fingerprint density at radius 1 is 1.24 bits per heavy atom. The van der Waals surface area contributed by atoms with Gasteiger partial charge in [-0.25, -0.2) is 4.68 Å². The zero-order valence-electron chi connectivity index (χ0n) is 13.2. The highest BCUT2D eigenvalue weighted by molar-refractivity contribution is 7.99. The van der Waals surface area contributed by atoms with Crippen molar-refractivity contribution in [1.82, 2.24) is 25.5 Å². The number of rotatable bonds is 6. The molecule has 118 valence electrons. The van der Waals surface area contributed by atoms with Gasteiger partial charge in [0.2, 0.25) is 5.16 Å². The van der Waals surface area contributed by atoms with Gasteiger partial charge in [0.1, 0.15) is 0 Å². The summed E-state index contributed by atoms with van der Waals surface area (Å²) in [4.78, 5) is 0. The van der Waals surface area contributed by atoms with Gasteiger partial charge >= 0.3 is 0 Å². The molecule has 0 aliphatic heterocycles. The van der Waals surface area contributed by atoms with Crippen LogP contribution in [0.2, 0.25) is 0 Å². The van der Waals surface area contributed by atoms with Crippen LogP contribution >= 0.6 is 11.8 Å². The number of hydrogen-bond donors (Lipinski definition) is 1. The zero-order chi connectivity index (χ0) is 14.7. The average molecular weight is 309 g/mol. The van der Waals surface area contributed by atoms with E-state index in [1.165, 1.54) is 44.9 Å². The molecule has 1 heterocycles. The van der Waals surface area contributed by atoms with E-state index in [-0.39, 0.29) is 0 Å². The second kappa shape index (κ2) is 7.09. The lowest BCUT2D eigenvalue weighted by Crippen LogP contribution is -2.33. The van der Waals surface area contributed by atoms with Crippen LogP contribution in [0.1, 0.15) is 64.8 Å². The number of tetrazole rings is 1. The molecule has 3 unspecified atom stereocenters. The molecule has 0 saturated heterocycles. The topological polar surface area (TPSA) is 55.6 Å².